The van der Waals surface area contributed by atoms with Crippen LogP contribution in [0.4, 0.5) is 5.69 Å². The van der Waals surface area contributed by atoms with E-state index >= 15 is 0 Å². The molecule has 120 valence electrons. The summed E-state index contributed by atoms with van der Waals surface area (Å²) in [7, 11) is -2.24. The smallest absolute Gasteiger partial charge is 0.335 e. The molecule has 6 nitrogen and oxygen atoms in total. The first-order valence-corrected chi connectivity index (χ1v) is 8.40. The first kappa shape index (κ1) is 15.4. The van der Waals surface area contributed by atoms with Crippen LogP contribution in [0.2, 0.25) is 0 Å². The average Bonchev–Trinajstić information content (AvgIpc) is 2.98. The third kappa shape index (κ3) is 2.63. The molecule has 0 bridgehead atoms. The number of rotatable bonds is 4. The summed E-state index contributed by atoms with van der Waals surface area (Å²) in [6.07, 6.45) is 0.588. The van der Waals surface area contributed by atoms with Gasteiger partial charge in [-0.3, -0.25) is 4.31 Å². The molecule has 0 saturated heterocycles. The Morgan fingerprint density at radius 3 is 2.70 bits per heavy atom. The topological polar surface area (TPSA) is 83.9 Å². The van der Waals surface area contributed by atoms with Gasteiger partial charge in [0.05, 0.1) is 23.3 Å². The number of hydrogen-bond donors (Lipinski definition) is 1. The second-order valence-electron chi connectivity index (χ2n) is 5.15. The fourth-order valence-corrected chi connectivity index (χ4v) is 4.19. The molecule has 1 aliphatic rings. The van der Waals surface area contributed by atoms with Gasteiger partial charge >= 0.3 is 5.97 Å². The van der Waals surface area contributed by atoms with Crippen molar-refractivity contribution in [1.29, 1.82) is 0 Å². The summed E-state index contributed by atoms with van der Waals surface area (Å²) < 4.78 is 32.1. The zero-order chi connectivity index (χ0) is 16.6. The van der Waals surface area contributed by atoms with Crippen molar-refractivity contribution < 1.29 is 23.1 Å². The Morgan fingerprint density at radius 2 is 2.00 bits per heavy atom. The number of sulfonamides is 1. The van der Waals surface area contributed by atoms with E-state index in [1.54, 1.807) is 19.2 Å². The largest absolute Gasteiger partial charge is 0.497 e. The molecule has 7 heteroatoms. The monoisotopic (exact) mass is 333 g/mol. The predicted octanol–water partition coefficient (Wildman–Crippen LogP) is 2.14. The van der Waals surface area contributed by atoms with E-state index in [2.05, 4.69) is 0 Å². The van der Waals surface area contributed by atoms with E-state index in [4.69, 9.17) is 9.84 Å². The Morgan fingerprint density at radius 1 is 1.22 bits per heavy atom. The first-order chi connectivity index (χ1) is 10.9. The second kappa shape index (κ2) is 5.58. The van der Waals surface area contributed by atoms with Crippen molar-refractivity contribution in [3.8, 4) is 5.75 Å². The maximum atomic E-state index is 12.8. The lowest BCUT2D eigenvalue weighted by molar-refractivity contribution is 0.0696. The number of nitrogens with zero attached hydrogens (tertiary/aromatic N) is 1. The van der Waals surface area contributed by atoms with Crippen molar-refractivity contribution in [3.05, 3.63) is 53.6 Å². The van der Waals surface area contributed by atoms with E-state index in [1.165, 1.54) is 28.6 Å². The Balaban J connectivity index is 2.03. The number of carboxylic acid groups (broad SMARTS) is 1. The van der Waals surface area contributed by atoms with Crippen LogP contribution < -0.4 is 9.04 Å². The molecule has 0 aliphatic carbocycles. The van der Waals surface area contributed by atoms with Crippen molar-refractivity contribution in [2.75, 3.05) is 18.0 Å². The number of anilines is 1. The Bertz CT molecular complexity index is 876. The van der Waals surface area contributed by atoms with Crippen molar-refractivity contribution in [1.82, 2.24) is 0 Å². The van der Waals surface area contributed by atoms with Crippen LogP contribution in [0.3, 0.4) is 0 Å². The van der Waals surface area contributed by atoms with Gasteiger partial charge in [-0.2, -0.15) is 0 Å². The zero-order valence-corrected chi connectivity index (χ0v) is 13.2. The molecule has 0 amide bonds. The van der Waals surface area contributed by atoms with Gasteiger partial charge in [-0.05, 0) is 48.4 Å². The molecule has 0 unspecified atom stereocenters. The summed E-state index contributed by atoms with van der Waals surface area (Å²) in [5.41, 5.74) is 1.44. The van der Waals surface area contributed by atoms with Gasteiger partial charge in [0, 0.05) is 6.54 Å². The molecular weight excluding hydrogens is 318 g/mol. The highest BCUT2D eigenvalue weighted by atomic mass is 32.2. The highest BCUT2D eigenvalue weighted by Gasteiger charge is 2.31. The number of carboxylic acids is 1. The molecule has 0 atom stereocenters. The molecule has 0 fully saturated rings. The standard InChI is InChI=1S/C16H15NO5S/c1-22-13-5-6-15-11(9-13)7-8-17(15)23(20,21)14-4-2-3-12(10-14)16(18)19/h2-6,9-10H,7-8H2,1H3,(H,18,19). The molecule has 1 heterocycles. The quantitative estimate of drug-likeness (QED) is 0.927. The van der Waals surface area contributed by atoms with Gasteiger partial charge < -0.3 is 9.84 Å². The van der Waals surface area contributed by atoms with E-state index < -0.39 is 16.0 Å². The van der Waals surface area contributed by atoms with Gasteiger partial charge in [-0.15, -0.1) is 0 Å². The van der Waals surface area contributed by atoms with Crippen LogP contribution in [-0.2, 0) is 16.4 Å². The lowest BCUT2D eigenvalue weighted by Gasteiger charge is -2.20. The minimum absolute atomic E-state index is 0.0268. The highest BCUT2D eigenvalue weighted by molar-refractivity contribution is 7.92. The number of carbonyl (C=O) groups is 1. The number of ether oxygens (including phenoxy) is 1. The van der Waals surface area contributed by atoms with E-state index in [9.17, 15) is 13.2 Å². The van der Waals surface area contributed by atoms with Crippen LogP contribution in [0.1, 0.15) is 15.9 Å². The van der Waals surface area contributed by atoms with Gasteiger partial charge in [0.2, 0.25) is 0 Å². The van der Waals surface area contributed by atoms with Gasteiger partial charge in [-0.1, -0.05) is 6.07 Å². The number of hydrogen-bond acceptors (Lipinski definition) is 4. The molecular formula is C16H15NO5S. The van der Waals surface area contributed by atoms with Crippen LogP contribution in [0.15, 0.2) is 47.4 Å². The van der Waals surface area contributed by atoms with Crippen LogP contribution in [0.25, 0.3) is 0 Å². The molecule has 0 aromatic heterocycles. The van der Waals surface area contributed by atoms with Crippen LogP contribution in [0, 0.1) is 0 Å². The molecule has 0 spiro atoms. The number of methoxy groups -OCH3 is 1. The highest BCUT2D eigenvalue weighted by Crippen LogP contribution is 2.35. The van der Waals surface area contributed by atoms with E-state index in [-0.39, 0.29) is 10.5 Å². The molecule has 1 N–H and O–H groups in total. The fourth-order valence-electron chi connectivity index (χ4n) is 2.64. The van der Waals surface area contributed by atoms with Crippen molar-refractivity contribution in [2.24, 2.45) is 0 Å². The Kier molecular flexibility index (Phi) is 3.73. The maximum absolute atomic E-state index is 12.8. The minimum Gasteiger partial charge on any atom is -0.497 e. The Hall–Kier alpha value is -2.54. The molecule has 2 aromatic carbocycles. The summed E-state index contributed by atoms with van der Waals surface area (Å²) in [6.45, 7) is 0.322. The van der Waals surface area contributed by atoms with Gasteiger partial charge in [0.25, 0.3) is 10.0 Å². The zero-order valence-electron chi connectivity index (χ0n) is 12.4. The summed E-state index contributed by atoms with van der Waals surface area (Å²) >= 11 is 0. The molecule has 3 rings (SSSR count). The van der Waals surface area contributed by atoms with Gasteiger partial charge in [0.1, 0.15) is 5.75 Å². The molecule has 23 heavy (non-hydrogen) atoms. The van der Waals surface area contributed by atoms with Crippen molar-refractivity contribution >= 4 is 21.7 Å². The van der Waals surface area contributed by atoms with E-state index in [0.29, 0.717) is 24.4 Å². The summed E-state index contributed by atoms with van der Waals surface area (Å²) in [4.78, 5) is 11.0. The first-order valence-electron chi connectivity index (χ1n) is 6.96. The lowest BCUT2D eigenvalue weighted by Crippen LogP contribution is -2.29. The van der Waals surface area contributed by atoms with Gasteiger partial charge in [-0.25, -0.2) is 13.2 Å². The molecule has 0 radical (unpaired) electrons. The van der Waals surface area contributed by atoms with Crippen LogP contribution >= 0.6 is 0 Å². The minimum atomic E-state index is -3.80. The summed E-state index contributed by atoms with van der Waals surface area (Å²) in [5.74, 6) is -0.482. The normalized spacial score (nSPS) is 13.7. The predicted molar refractivity (Wildman–Crippen MR) is 84.6 cm³/mol. The van der Waals surface area contributed by atoms with Gasteiger partial charge in [0.15, 0.2) is 0 Å². The third-order valence-electron chi connectivity index (χ3n) is 3.81. The SMILES string of the molecule is COc1ccc2c(c1)CCN2S(=O)(=O)c1cccc(C(=O)O)c1. The molecule has 2 aromatic rings. The number of benzene rings is 2. The third-order valence-corrected chi connectivity index (χ3v) is 5.62. The van der Waals surface area contributed by atoms with Crippen LogP contribution in [0.5, 0.6) is 5.75 Å². The summed E-state index contributed by atoms with van der Waals surface area (Å²) in [5, 5.41) is 9.03. The van der Waals surface area contributed by atoms with Crippen LogP contribution in [-0.4, -0.2) is 33.1 Å². The number of aromatic carboxylic acids is 1. The molecule has 1 aliphatic heterocycles. The second-order valence-corrected chi connectivity index (χ2v) is 7.02. The number of fused-ring (bicyclic) bond motifs is 1. The van der Waals surface area contributed by atoms with Crippen molar-refractivity contribution in [2.45, 2.75) is 11.3 Å². The lowest BCUT2D eigenvalue weighted by atomic mass is 10.1. The van der Waals surface area contributed by atoms with E-state index in [0.717, 1.165) is 5.56 Å². The van der Waals surface area contributed by atoms with Crippen molar-refractivity contribution in [3.63, 3.8) is 0 Å². The average molecular weight is 333 g/mol. The van der Waals surface area contributed by atoms with E-state index in [1.807, 2.05) is 6.07 Å². The summed E-state index contributed by atoms with van der Waals surface area (Å²) in [6, 6.07) is 10.6. The fraction of sp³-hybridized carbons (Fsp3) is 0.188. The molecule has 0 saturated carbocycles. The Labute approximate surface area is 134 Å². The maximum Gasteiger partial charge on any atom is 0.335 e.